The largest absolute Gasteiger partial charge is 0.463 e. The maximum absolute atomic E-state index is 13.2. The maximum Gasteiger partial charge on any atom is 0.303 e. The van der Waals surface area contributed by atoms with Crippen LogP contribution in [0.4, 0.5) is 5.69 Å². The van der Waals surface area contributed by atoms with E-state index in [4.69, 9.17) is 23.7 Å². The lowest BCUT2D eigenvalue weighted by Gasteiger charge is -2.45. The molecule has 0 radical (unpaired) electrons. The average molecular weight is 569 g/mol. The molecule has 2 rings (SSSR count). The van der Waals surface area contributed by atoms with Crippen molar-refractivity contribution in [3.8, 4) is 0 Å². The summed E-state index contributed by atoms with van der Waals surface area (Å²) in [6.45, 7) is 5.12. The Morgan fingerprint density at radius 1 is 0.950 bits per heavy atom. The van der Waals surface area contributed by atoms with Crippen LogP contribution in [0.25, 0.3) is 0 Å². The second-order valence-electron chi connectivity index (χ2n) is 9.29. The van der Waals surface area contributed by atoms with E-state index in [9.17, 15) is 28.8 Å². The van der Waals surface area contributed by atoms with Gasteiger partial charge in [-0.25, -0.2) is 0 Å². The quantitative estimate of drug-likeness (QED) is 0.141. The van der Waals surface area contributed by atoms with Crippen LogP contribution in [-0.2, 0) is 47.7 Å². The van der Waals surface area contributed by atoms with Crippen LogP contribution in [0.5, 0.6) is 0 Å². The monoisotopic (exact) mass is 568 g/mol. The van der Waals surface area contributed by atoms with Gasteiger partial charge in [0.05, 0.1) is 5.69 Å². The second kappa shape index (κ2) is 15.0. The Morgan fingerprint density at radius 2 is 1.55 bits per heavy atom. The van der Waals surface area contributed by atoms with Gasteiger partial charge in [0, 0.05) is 40.4 Å². The zero-order valence-electron chi connectivity index (χ0n) is 23.3. The predicted molar refractivity (Wildman–Crippen MR) is 137 cm³/mol. The van der Waals surface area contributed by atoms with Crippen LogP contribution in [0.2, 0.25) is 0 Å². The molecule has 0 spiro atoms. The van der Waals surface area contributed by atoms with Crippen LogP contribution in [0.1, 0.15) is 50.8 Å². The van der Waals surface area contributed by atoms with Gasteiger partial charge in [0.15, 0.2) is 24.5 Å². The molecule has 15 heteroatoms. The highest BCUT2D eigenvalue weighted by molar-refractivity contribution is 5.94. The van der Waals surface area contributed by atoms with Gasteiger partial charge in [-0.3, -0.25) is 28.8 Å². The summed E-state index contributed by atoms with van der Waals surface area (Å²) in [6.07, 6.45) is -4.36. The summed E-state index contributed by atoms with van der Waals surface area (Å²) >= 11 is 0. The standard InChI is InChI=1S/C25H36N4O11/c1-14(31)36-12-20-21(37-15(2)32)22(38-16(3)33)23(39-17(4)34)25(40-20)29-11-18(27-13-30)10-19(29)24(35)26-8-7-9-28(5)6/h10-11,13,20-23,25H,7-9,12H2,1-6H3,(H,26,35)(H,27,30)/t20-,21-,22-,23-,25+/m1/s1. The van der Waals surface area contributed by atoms with Gasteiger partial charge in [-0.15, -0.1) is 0 Å². The van der Waals surface area contributed by atoms with Crippen molar-refractivity contribution in [1.82, 2.24) is 14.8 Å². The fourth-order valence-electron chi connectivity index (χ4n) is 4.14. The number of anilines is 1. The topological polar surface area (TPSA) is 181 Å². The first-order chi connectivity index (χ1) is 18.8. The zero-order chi connectivity index (χ0) is 30.0. The number of ether oxygens (including phenoxy) is 5. The Balaban J connectivity index is 2.60. The van der Waals surface area contributed by atoms with E-state index in [1.165, 1.54) is 16.8 Å². The van der Waals surface area contributed by atoms with Gasteiger partial charge in [-0.2, -0.15) is 0 Å². The first-order valence-corrected chi connectivity index (χ1v) is 12.5. The van der Waals surface area contributed by atoms with Gasteiger partial charge in [-0.1, -0.05) is 0 Å². The van der Waals surface area contributed by atoms with E-state index in [2.05, 4.69) is 10.6 Å². The number of esters is 4. The van der Waals surface area contributed by atoms with Gasteiger partial charge in [-0.05, 0) is 33.1 Å². The molecule has 0 saturated carbocycles. The number of hydrogen-bond acceptors (Lipinski definition) is 12. The van der Waals surface area contributed by atoms with Crippen LogP contribution >= 0.6 is 0 Å². The Morgan fingerprint density at radius 3 is 2.10 bits per heavy atom. The number of carbonyl (C=O) groups excluding carboxylic acids is 6. The molecule has 15 nitrogen and oxygen atoms in total. The normalized spacial score (nSPS) is 22.1. The number of aromatic nitrogens is 1. The third-order valence-electron chi connectivity index (χ3n) is 5.61. The summed E-state index contributed by atoms with van der Waals surface area (Å²) in [6, 6.07) is 1.38. The highest BCUT2D eigenvalue weighted by Crippen LogP contribution is 2.36. The molecule has 2 amide bonds. The van der Waals surface area contributed by atoms with Gasteiger partial charge in [0.2, 0.25) is 6.41 Å². The van der Waals surface area contributed by atoms with Gasteiger partial charge in [0.25, 0.3) is 5.91 Å². The van der Waals surface area contributed by atoms with Crippen molar-refractivity contribution in [2.45, 2.75) is 64.8 Å². The van der Waals surface area contributed by atoms with Gasteiger partial charge >= 0.3 is 23.9 Å². The van der Waals surface area contributed by atoms with Crippen LogP contribution in [0, 0.1) is 0 Å². The number of nitrogens with one attached hydrogen (secondary N) is 2. The third kappa shape index (κ3) is 9.34. The Kier molecular flexibility index (Phi) is 12.1. The van der Waals surface area contributed by atoms with E-state index >= 15 is 0 Å². The SMILES string of the molecule is CC(=O)OC[C@H]1O[C@H](n2cc(NC=O)cc2C(=O)NCCCN(C)C)[C@H](OC(C)=O)[C@H](OC(C)=O)[C@@H]1OC(C)=O. The van der Waals surface area contributed by atoms with Crippen molar-refractivity contribution < 1.29 is 52.5 Å². The number of hydrogen-bond donors (Lipinski definition) is 2. The molecule has 1 aromatic heterocycles. The summed E-state index contributed by atoms with van der Waals surface area (Å²) in [5.41, 5.74) is 0.219. The molecule has 1 aliphatic heterocycles. The van der Waals surface area contributed by atoms with Crippen LogP contribution in [0.15, 0.2) is 12.3 Å². The first kappa shape index (κ1) is 32.2. The lowest BCUT2D eigenvalue weighted by molar-refractivity contribution is -0.268. The van der Waals surface area contributed by atoms with Crippen LogP contribution in [0.3, 0.4) is 0 Å². The van der Waals surface area contributed by atoms with Crippen molar-refractivity contribution in [3.05, 3.63) is 18.0 Å². The molecule has 1 saturated heterocycles. The summed E-state index contributed by atoms with van der Waals surface area (Å²) in [5.74, 6) is -3.55. The number of rotatable bonds is 13. The average Bonchev–Trinajstić information content (AvgIpc) is 3.26. The van der Waals surface area contributed by atoms with E-state index in [-0.39, 0.29) is 11.4 Å². The van der Waals surface area contributed by atoms with Gasteiger partial charge < -0.3 is 43.8 Å². The Hall–Kier alpha value is -3.98. The van der Waals surface area contributed by atoms with E-state index < -0.39 is 67.0 Å². The molecule has 0 unspecified atom stereocenters. The molecule has 1 fully saturated rings. The smallest absolute Gasteiger partial charge is 0.303 e. The van der Waals surface area contributed by atoms with Crippen LogP contribution in [-0.4, -0.2) is 104 Å². The minimum absolute atomic E-state index is 0.00935. The van der Waals surface area contributed by atoms with Crippen molar-refractivity contribution in [2.75, 3.05) is 39.1 Å². The lowest BCUT2D eigenvalue weighted by Crippen LogP contribution is -2.60. The molecule has 1 aliphatic rings. The molecule has 0 aliphatic carbocycles. The maximum atomic E-state index is 13.2. The molecule has 222 valence electrons. The summed E-state index contributed by atoms with van der Waals surface area (Å²) in [4.78, 5) is 74.1. The number of amides is 2. The molecular weight excluding hydrogens is 532 g/mol. The van der Waals surface area contributed by atoms with Crippen molar-refractivity contribution in [1.29, 1.82) is 0 Å². The van der Waals surface area contributed by atoms with Crippen LogP contribution < -0.4 is 10.6 Å². The lowest BCUT2D eigenvalue weighted by atomic mass is 9.97. The molecule has 1 aromatic rings. The molecule has 5 atom stereocenters. The van der Waals surface area contributed by atoms with E-state index in [1.54, 1.807) is 0 Å². The molecular formula is C25H36N4O11. The minimum atomic E-state index is -1.43. The van der Waals surface area contributed by atoms with E-state index in [0.717, 1.165) is 34.2 Å². The van der Waals surface area contributed by atoms with Gasteiger partial charge in [0.1, 0.15) is 18.4 Å². The Bertz CT molecular complexity index is 1090. The molecule has 0 bridgehead atoms. The molecule has 2 heterocycles. The van der Waals surface area contributed by atoms with E-state index in [0.29, 0.717) is 19.4 Å². The zero-order valence-corrected chi connectivity index (χ0v) is 23.3. The summed E-state index contributed by atoms with van der Waals surface area (Å²) < 4.78 is 28.9. The minimum Gasteiger partial charge on any atom is -0.463 e. The summed E-state index contributed by atoms with van der Waals surface area (Å²) in [7, 11) is 3.80. The summed E-state index contributed by atoms with van der Waals surface area (Å²) in [5, 5.41) is 5.24. The number of nitrogens with zero attached hydrogens (tertiary/aromatic N) is 2. The molecule has 40 heavy (non-hydrogen) atoms. The van der Waals surface area contributed by atoms with E-state index in [1.807, 2.05) is 19.0 Å². The second-order valence-corrected chi connectivity index (χ2v) is 9.29. The van der Waals surface area contributed by atoms with Crippen molar-refractivity contribution >= 4 is 41.9 Å². The predicted octanol–water partition coefficient (Wildman–Crippen LogP) is -0.00650. The third-order valence-corrected chi connectivity index (χ3v) is 5.61. The fourth-order valence-corrected chi connectivity index (χ4v) is 4.14. The number of carbonyl (C=O) groups is 6. The molecule has 2 N–H and O–H groups in total. The first-order valence-electron chi connectivity index (χ1n) is 12.5. The highest BCUT2D eigenvalue weighted by Gasteiger charge is 2.53. The fraction of sp³-hybridized carbons (Fsp3) is 0.600. The van der Waals surface area contributed by atoms with Crippen molar-refractivity contribution in [3.63, 3.8) is 0 Å². The Labute approximate surface area is 231 Å². The molecule has 0 aromatic carbocycles. The highest BCUT2D eigenvalue weighted by atomic mass is 16.7. The van der Waals surface area contributed by atoms with Crippen molar-refractivity contribution in [2.24, 2.45) is 0 Å².